The van der Waals surface area contributed by atoms with Gasteiger partial charge in [0.15, 0.2) is 0 Å². The third-order valence-corrected chi connectivity index (χ3v) is 2.80. The molecular formula is C14H16NO5-. The molecule has 0 bridgehead atoms. The van der Waals surface area contributed by atoms with Crippen molar-refractivity contribution < 1.29 is 24.2 Å². The zero-order valence-electron chi connectivity index (χ0n) is 11.4. The summed E-state index contributed by atoms with van der Waals surface area (Å²) in [5, 5.41) is 12.9. The average Bonchev–Trinajstić information content (AvgIpc) is 2.40. The van der Waals surface area contributed by atoms with Crippen molar-refractivity contribution in [2.24, 2.45) is 0 Å². The average molecular weight is 278 g/mol. The Hall–Kier alpha value is -2.37. The Balaban J connectivity index is 2.70. The molecule has 6 heteroatoms. The zero-order chi connectivity index (χ0) is 15.1. The molecule has 0 aliphatic heterocycles. The first kappa shape index (κ1) is 15.7. The highest BCUT2D eigenvalue weighted by Crippen LogP contribution is 2.20. The molecule has 1 aromatic rings. The molecule has 0 fully saturated rings. The molecule has 0 atom stereocenters. The molecule has 0 radical (unpaired) electrons. The van der Waals surface area contributed by atoms with E-state index in [-0.39, 0.29) is 25.2 Å². The van der Waals surface area contributed by atoms with Crippen LogP contribution in [0.15, 0.2) is 18.2 Å². The Labute approximate surface area is 116 Å². The lowest BCUT2D eigenvalue weighted by Crippen LogP contribution is -2.22. The number of hydrogen-bond donors (Lipinski definition) is 1. The molecule has 0 saturated carbocycles. The van der Waals surface area contributed by atoms with Crippen LogP contribution in [-0.4, -0.2) is 25.0 Å². The molecular weight excluding hydrogens is 262 g/mol. The molecule has 108 valence electrons. The van der Waals surface area contributed by atoms with Gasteiger partial charge in [-0.05, 0) is 37.5 Å². The quantitative estimate of drug-likeness (QED) is 0.770. The minimum atomic E-state index is -1.18. The first-order chi connectivity index (χ1) is 9.45. The Morgan fingerprint density at radius 1 is 1.25 bits per heavy atom. The number of ether oxygens (including phenoxy) is 1. The fraction of sp³-hybridized carbons (Fsp3) is 0.357. The summed E-state index contributed by atoms with van der Waals surface area (Å²) in [6.45, 7) is 1.70. The van der Waals surface area contributed by atoms with Crippen LogP contribution in [-0.2, 0) is 14.3 Å². The molecule has 0 aromatic heterocycles. The predicted octanol–water partition coefficient (Wildman–Crippen LogP) is 0.640. The van der Waals surface area contributed by atoms with Gasteiger partial charge in [0.2, 0.25) is 5.91 Å². The van der Waals surface area contributed by atoms with Crippen molar-refractivity contribution in [2.75, 3.05) is 12.4 Å². The van der Waals surface area contributed by atoms with E-state index in [1.807, 2.05) is 0 Å². The second kappa shape index (κ2) is 7.28. The predicted molar refractivity (Wildman–Crippen MR) is 70.0 cm³/mol. The number of esters is 1. The van der Waals surface area contributed by atoms with Crippen molar-refractivity contribution in [3.63, 3.8) is 0 Å². The number of amides is 1. The minimum Gasteiger partial charge on any atom is -0.550 e. The molecule has 6 nitrogen and oxygen atoms in total. The van der Waals surface area contributed by atoms with E-state index in [1.165, 1.54) is 7.11 Å². The monoisotopic (exact) mass is 278 g/mol. The number of aliphatic carboxylic acids is 1. The number of nitrogens with one attached hydrogen (secondary N) is 1. The van der Waals surface area contributed by atoms with Crippen molar-refractivity contribution in [3.8, 4) is 0 Å². The Morgan fingerprint density at radius 2 is 1.95 bits per heavy atom. The molecule has 0 unspecified atom stereocenters. The van der Waals surface area contributed by atoms with Gasteiger partial charge in [0, 0.05) is 18.1 Å². The van der Waals surface area contributed by atoms with E-state index in [0.717, 1.165) is 0 Å². The topological polar surface area (TPSA) is 95.5 Å². The maximum Gasteiger partial charge on any atom is 0.338 e. The number of carboxylic acids is 1. The zero-order valence-corrected chi connectivity index (χ0v) is 11.4. The first-order valence-corrected chi connectivity index (χ1v) is 6.13. The number of methoxy groups -OCH3 is 1. The van der Waals surface area contributed by atoms with Gasteiger partial charge in [-0.2, -0.15) is 0 Å². The molecule has 0 heterocycles. The summed E-state index contributed by atoms with van der Waals surface area (Å²) in [5.41, 5.74) is 1.49. The maximum atomic E-state index is 11.7. The van der Waals surface area contributed by atoms with Crippen LogP contribution in [0, 0.1) is 6.92 Å². The number of hydrogen-bond acceptors (Lipinski definition) is 5. The Kier molecular flexibility index (Phi) is 5.71. The van der Waals surface area contributed by atoms with Gasteiger partial charge in [0.25, 0.3) is 0 Å². The van der Waals surface area contributed by atoms with Crippen LogP contribution in [0.2, 0.25) is 0 Å². The van der Waals surface area contributed by atoms with E-state index in [0.29, 0.717) is 16.8 Å². The largest absolute Gasteiger partial charge is 0.550 e. The van der Waals surface area contributed by atoms with Crippen molar-refractivity contribution >= 4 is 23.5 Å². The highest BCUT2D eigenvalue weighted by molar-refractivity contribution is 5.96. The smallest absolute Gasteiger partial charge is 0.338 e. The molecule has 1 N–H and O–H groups in total. The van der Waals surface area contributed by atoms with E-state index in [9.17, 15) is 19.5 Å². The third-order valence-electron chi connectivity index (χ3n) is 2.80. The highest BCUT2D eigenvalue weighted by Gasteiger charge is 2.13. The first-order valence-electron chi connectivity index (χ1n) is 6.13. The lowest BCUT2D eigenvalue weighted by Gasteiger charge is -2.11. The summed E-state index contributed by atoms with van der Waals surface area (Å²) in [5.74, 6) is -1.96. The highest BCUT2D eigenvalue weighted by atomic mass is 16.5. The van der Waals surface area contributed by atoms with Crippen molar-refractivity contribution in [1.29, 1.82) is 0 Å². The van der Waals surface area contributed by atoms with Gasteiger partial charge in [-0.3, -0.25) is 4.79 Å². The van der Waals surface area contributed by atoms with Gasteiger partial charge in [-0.15, -0.1) is 0 Å². The lowest BCUT2D eigenvalue weighted by molar-refractivity contribution is -0.305. The maximum absolute atomic E-state index is 11.7. The van der Waals surface area contributed by atoms with E-state index >= 15 is 0 Å². The van der Waals surface area contributed by atoms with Gasteiger partial charge in [-0.25, -0.2) is 4.79 Å². The summed E-state index contributed by atoms with van der Waals surface area (Å²) in [4.78, 5) is 33.4. The molecule has 1 aromatic carbocycles. The molecule has 0 aliphatic rings. The van der Waals surface area contributed by atoms with E-state index in [4.69, 9.17) is 0 Å². The second-order valence-corrected chi connectivity index (χ2v) is 4.24. The van der Waals surface area contributed by atoms with Crippen molar-refractivity contribution in [1.82, 2.24) is 0 Å². The third kappa shape index (κ3) is 4.38. The number of carbonyl (C=O) groups is 3. The van der Waals surface area contributed by atoms with Gasteiger partial charge >= 0.3 is 5.97 Å². The van der Waals surface area contributed by atoms with Gasteiger partial charge in [0.05, 0.1) is 12.7 Å². The molecule has 0 spiro atoms. The van der Waals surface area contributed by atoms with Crippen LogP contribution in [0.4, 0.5) is 5.69 Å². The number of benzene rings is 1. The number of carbonyl (C=O) groups excluding carboxylic acids is 3. The van der Waals surface area contributed by atoms with Gasteiger partial charge < -0.3 is 20.0 Å². The number of rotatable bonds is 6. The summed E-state index contributed by atoms with van der Waals surface area (Å²) in [6, 6.07) is 4.90. The second-order valence-electron chi connectivity index (χ2n) is 4.24. The van der Waals surface area contributed by atoms with Crippen LogP contribution < -0.4 is 10.4 Å². The van der Waals surface area contributed by atoms with Crippen LogP contribution in [0.5, 0.6) is 0 Å². The number of carboxylic acid groups (broad SMARTS) is 1. The van der Waals surface area contributed by atoms with Crippen LogP contribution >= 0.6 is 0 Å². The molecule has 1 amide bonds. The SMILES string of the molecule is COC(=O)c1cccc(NC(=O)CCCC(=O)[O-])c1C. The summed E-state index contributed by atoms with van der Waals surface area (Å²) >= 11 is 0. The summed E-state index contributed by atoms with van der Waals surface area (Å²) in [7, 11) is 1.28. The van der Waals surface area contributed by atoms with Gasteiger partial charge in [-0.1, -0.05) is 6.07 Å². The fourth-order valence-corrected chi connectivity index (χ4v) is 1.71. The van der Waals surface area contributed by atoms with Crippen molar-refractivity contribution in [2.45, 2.75) is 26.2 Å². The summed E-state index contributed by atoms with van der Waals surface area (Å²) in [6.07, 6.45) is 0.133. The molecule has 0 aliphatic carbocycles. The standard InChI is InChI=1S/C14H17NO5/c1-9-10(14(19)20-2)5-3-6-11(9)15-12(16)7-4-8-13(17)18/h3,5-6H,4,7-8H2,1-2H3,(H,15,16)(H,17,18)/p-1. The van der Waals surface area contributed by atoms with E-state index < -0.39 is 11.9 Å². The minimum absolute atomic E-state index is 0.0792. The van der Waals surface area contributed by atoms with E-state index in [1.54, 1.807) is 25.1 Å². The summed E-state index contributed by atoms with van der Waals surface area (Å²) < 4.78 is 4.64. The normalized spacial score (nSPS) is 9.90. The lowest BCUT2D eigenvalue weighted by atomic mass is 10.1. The molecule has 0 saturated heterocycles. The van der Waals surface area contributed by atoms with Gasteiger partial charge in [0.1, 0.15) is 0 Å². The van der Waals surface area contributed by atoms with Crippen molar-refractivity contribution in [3.05, 3.63) is 29.3 Å². The van der Waals surface area contributed by atoms with E-state index in [2.05, 4.69) is 10.1 Å². The molecule has 1 rings (SSSR count). The van der Waals surface area contributed by atoms with Crippen LogP contribution in [0.25, 0.3) is 0 Å². The molecule has 20 heavy (non-hydrogen) atoms. The Bertz CT molecular complexity index is 524. The fourth-order valence-electron chi connectivity index (χ4n) is 1.71. The Morgan fingerprint density at radius 3 is 2.55 bits per heavy atom. The number of anilines is 1. The van der Waals surface area contributed by atoms with Crippen LogP contribution in [0.1, 0.15) is 35.2 Å². The van der Waals surface area contributed by atoms with Crippen LogP contribution in [0.3, 0.4) is 0 Å².